The van der Waals surface area contributed by atoms with Crippen molar-refractivity contribution in [2.75, 3.05) is 19.8 Å². The van der Waals surface area contributed by atoms with Crippen LogP contribution in [0.15, 0.2) is 38.0 Å². The van der Waals surface area contributed by atoms with Crippen molar-refractivity contribution in [3.05, 3.63) is 38.0 Å². The average molecular weight is 476 g/mol. The molecule has 1 unspecified atom stereocenters. The molecule has 188 valence electrons. The molecule has 0 saturated carbocycles. The van der Waals surface area contributed by atoms with Gasteiger partial charge in [0.05, 0.1) is 13.2 Å². The third-order valence-corrected chi connectivity index (χ3v) is 6.81. The Morgan fingerprint density at radius 3 is 1.85 bits per heavy atom. The molecular formula is C21H32O12. The molecule has 0 aromatic rings. The second-order valence-corrected chi connectivity index (χ2v) is 8.60. The lowest BCUT2D eigenvalue weighted by Gasteiger charge is -2.58. The number of epoxide rings is 1. The predicted molar refractivity (Wildman–Crippen MR) is 109 cm³/mol. The van der Waals surface area contributed by atoms with Gasteiger partial charge < -0.3 is 50.3 Å². The lowest BCUT2D eigenvalue weighted by molar-refractivity contribution is -0.444. The van der Waals surface area contributed by atoms with E-state index in [1.165, 1.54) is 18.2 Å². The van der Waals surface area contributed by atoms with E-state index in [4.69, 9.17) is 18.9 Å². The van der Waals surface area contributed by atoms with Gasteiger partial charge in [0.2, 0.25) is 5.79 Å². The summed E-state index contributed by atoms with van der Waals surface area (Å²) in [6.45, 7) is 7.90. The molecule has 3 saturated heterocycles. The molecule has 0 aromatic heterocycles. The smallest absolute Gasteiger partial charge is 0.350 e. The van der Waals surface area contributed by atoms with Crippen molar-refractivity contribution in [1.82, 2.24) is 0 Å². The Morgan fingerprint density at radius 1 is 0.818 bits per heavy atom. The summed E-state index contributed by atoms with van der Waals surface area (Å²) in [5.74, 6) is -7.99. The maximum Gasteiger partial charge on any atom is 0.350 e. The van der Waals surface area contributed by atoms with E-state index in [0.29, 0.717) is 0 Å². The molecule has 8 N–H and O–H groups in total. The van der Waals surface area contributed by atoms with Crippen LogP contribution in [0.25, 0.3) is 0 Å². The molecule has 0 spiro atoms. The van der Waals surface area contributed by atoms with Crippen LogP contribution < -0.4 is 0 Å². The minimum Gasteiger partial charge on any atom is -0.394 e. The minimum absolute atomic E-state index is 0.282. The zero-order chi connectivity index (χ0) is 24.9. The van der Waals surface area contributed by atoms with Crippen LogP contribution in [0.4, 0.5) is 0 Å². The number of hydrogen-bond acceptors (Lipinski definition) is 12. The molecule has 0 aromatic carbocycles. The zero-order valence-corrected chi connectivity index (χ0v) is 18.0. The highest BCUT2D eigenvalue weighted by atomic mass is 17.0. The van der Waals surface area contributed by atoms with Gasteiger partial charge in [0.25, 0.3) is 5.79 Å². The predicted octanol–water partition coefficient (Wildman–Crippen LogP) is -2.87. The Morgan fingerprint density at radius 2 is 1.39 bits per heavy atom. The van der Waals surface area contributed by atoms with Crippen LogP contribution in [0.3, 0.4) is 0 Å². The van der Waals surface area contributed by atoms with Crippen molar-refractivity contribution in [3.8, 4) is 0 Å². The monoisotopic (exact) mass is 476 g/mol. The summed E-state index contributed by atoms with van der Waals surface area (Å²) in [5.41, 5.74) is -7.15. The second-order valence-electron chi connectivity index (χ2n) is 8.60. The van der Waals surface area contributed by atoms with E-state index in [0.717, 1.165) is 0 Å². The first-order valence-electron chi connectivity index (χ1n) is 10.4. The molecule has 0 bridgehead atoms. The number of hydrogen-bond donors (Lipinski definition) is 8. The maximum atomic E-state index is 11.7. The van der Waals surface area contributed by atoms with Crippen molar-refractivity contribution in [3.63, 3.8) is 0 Å². The van der Waals surface area contributed by atoms with Gasteiger partial charge in [0.15, 0.2) is 5.60 Å². The molecule has 0 radical (unpaired) electrons. The fourth-order valence-corrected chi connectivity index (χ4v) is 4.94. The van der Waals surface area contributed by atoms with Gasteiger partial charge in [0.1, 0.15) is 36.1 Å². The third-order valence-electron chi connectivity index (χ3n) is 6.81. The number of rotatable bonds is 11. The van der Waals surface area contributed by atoms with Gasteiger partial charge in [-0.05, 0) is 12.8 Å². The average Bonchev–Trinajstić information content (AvgIpc) is 3.30. The Kier molecular flexibility index (Phi) is 6.74. The van der Waals surface area contributed by atoms with E-state index < -0.39 is 78.9 Å². The Hall–Kier alpha value is -1.26. The first kappa shape index (κ1) is 26.3. The molecule has 3 rings (SSSR count). The summed E-state index contributed by atoms with van der Waals surface area (Å²) in [6, 6.07) is 0. The van der Waals surface area contributed by atoms with E-state index >= 15 is 0 Å². The molecular weight excluding hydrogens is 444 g/mol. The van der Waals surface area contributed by atoms with Crippen molar-refractivity contribution >= 4 is 0 Å². The molecule has 12 heteroatoms. The molecule has 3 aliphatic heterocycles. The summed E-state index contributed by atoms with van der Waals surface area (Å²) in [5, 5.41) is 85.1. The quantitative estimate of drug-likeness (QED) is 0.112. The van der Waals surface area contributed by atoms with Crippen molar-refractivity contribution in [1.29, 1.82) is 0 Å². The number of ether oxygens (including phenoxy) is 4. The van der Waals surface area contributed by atoms with E-state index in [-0.39, 0.29) is 12.8 Å². The highest BCUT2D eigenvalue weighted by Gasteiger charge is 2.94. The number of fused-ring (bicyclic) bond motifs is 1. The summed E-state index contributed by atoms with van der Waals surface area (Å²) in [7, 11) is 0. The standard InChI is InChI=1S/C21H32O12/c1-4-7-16(11-23)18(27,8-5-2)19(28,9-6-3)20(29)21(31-16,33-20)32-17(12-24)15(26)14(25)13(10-22)30-17/h4-6,13-15,22-29H,1-3,7-12H2/t13-,14-,15+,16-,17?,18-,19+,20+,21-/m1/s1. The molecule has 9 atom stereocenters. The van der Waals surface area contributed by atoms with Gasteiger partial charge in [-0.15, -0.1) is 19.7 Å². The fraction of sp³-hybridized carbons (Fsp3) is 0.714. The van der Waals surface area contributed by atoms with Crippen LogP contribution in [0.1, 0.15) is 19.3 Å². The van der Waals surface area contributed by atoms with E-state index in [9.17, 15) is 40.9 Å². The Bertz CT molecular complexity index is 793. The summed E-state index contributed by atoms with van der Waals surface area (Å²) in [4.78, 5) is 0. The van der Waals surface area contributed by atoms with Gasteiger partial charge in [-0.2, -0.15) is 0 Å². The van der Waals surface area contributed by atoms with Gasteiger partial charge in [-0.3, -0.25) is 9.47 Å². The normalized spacial score (nSPS) is 51.1. The first-order valence-corrected chi connectivity index (χ1v) is 10.4. The summed E-state index contributed by atoms with van der Waals surface area (Å²) >= 11 is 0. The van der Waals surface area contributed by atoms with Gasteiger partial charge in [-0.1, -0.05) is 18.2 Å². The lowest BCUT2D eigenvalue weighted by atomic mass is 9.61. The first-order chi connectivity index (χ1) is 15.4. The third kappa shape index (κ3) is 3.15. The zero-order valence-electron chi connectivity index (χ0n) is 18.0. The molecule has 0 amide bonds. The van der Waals surface area contributed by atoms with Gasteiger partial charge >= 0.3 is 5.97 Å². The van der Waals surface area contributed by atoms with Crippen molar-refractivity contribution in [2.45, 2.75) is 71.9 Å². The number of aliphatic hydroxyl groups excluding tert-OH is 5. The van der Waals surface area contributed by atoms with Crippen LogP contribution in [0, 0.1) is 0 Å². The van der Waals surface area contributed by atoms with Crippen LogP contribution in [0.5, 0.6) is 0 Å². The maximum absolute atomic E-state index is 11.7. The van der Waals surface area contributed by atoms with Crippen LogP contribution in [-0.2, 0) is 18.9 Å². The fourth-order valence-electron chi connectivity index (χ4n) is 4.94. The van der Waals surface area contributed by atoms with Crippen LogP contribution in [-0.4, -0.2) is 113 Å². The highest BCUT2D eigenvalue weighted by molar-refractivity contribution is 5.31. The minimum atomic E-state index is -2.82. The van der Waals surface area contributed by atoms with E-state index in [1.807, 2.05) is 0 Å². The largest absolute Gasteiger partial charge is 0.394 e. The highest BCUT2D eigenvalue weighted by Crippen LogP contribution is 2.68. The second kappa shape index (κ2) is 8.45. The number of aliphatic hydroxyl groups is 8. The molecule has 3 aliphatic rings. The Labute approximate surface area is 190 Å². The van der Waals surface area contributed by atoms with Crippen molar-refractivity contribution < 1.29 is 59.8 Å². The molecule has 3 heterocycles. The topological polar surface area (TPSA) is 202 Å². The van der Waals surface area contributed by atoms with E-state index in [1.54, 1.807) is 0 Å². The van der Waals surface area contributed by atoms with Crippen molar-refractivity contribution in [2.24, 2.45) is 0 Å². The Balaban J connectivity index is 2.16. The van der Waals surface area contributed by atoms with Crippen LogP contribution in [0.2, 0.25) is 0 Å². The molecule has 3 fully saturated rings. The molecule has 12 nitrogen and oxygen atoms in total. The molecule has 33 heavy (non-hydrogen) atoms. The van der Waals surface area contributed by atoms with Gasteiger partial charge in [0, 0.05) is 6.42 Å². The summed E-state index contributed by atoms with van der Waals surface area (Å²) < 4.78 is 22.1. The van der Waals surface area contributed by atoms with Gasteiger partial charge in [-0.25, -0.2) is 0 Å². The van der Waals surface area contributed by atoms with Crippen LogP contribution >= 0.6 is 0 Å². The summed E-state index contributed by atoms with van der Waals surface area (Å²) in [6.07, 6.45) is -2.46. The molecule has 0 aliphatic carbocycles. The van der Waals surface area contributed by atoms with E-state index in [2.05, 4.69) is 19.7 Å². The SMILES string of the molecule is C=CC[C@]1(CO)O[C@]2(OC3(CO)O[C@H](CO)[C@@H](O)[C@@H]3O)O[C@@]2(O)[C@](O)(CC=C)[C@@]1(O)CC=C. The lowest BCUT2D eigenvalue weighted by Crippen LogP contribution is -2.80.